The molecule has 0 aromatic carbocycles. The first-order valence-corrected chi connectivity index (χ1v) is 11.5. The average molecular weight is 444 g/mol. The van der Waals surface area contributed by atoms with Gasteiger partial charge in [0, 0.05) is 25.6 Å². The standard InChI is InChI=1S/C24H45NO6/c1-11-19-24(8,29)21(27)18(6)25(9)13-14(2)12-23(7,30-10)17(5)15(3)20(26)16(4)22(28)31-19/h14-19,21,27,29H,11-13H2,1-10H3/t14-,15-,16-,17-,18-,19-,21?,23-,24-/m1/s1. The zero-order chi connectivity index (χ0) is 24.3. The van der Waals surface area contributed by atoms with Crippen molar-refractivity contribution in [2.45, 2.75) is 97.7 Å². The maximum Gasteiger partial charge on any atom is 0.316 e. The van der Waals surface area contributed by atoms with Gasteiger partial charge in [-0.2, -0.15) is 0 Å². The van der Waals surface area contributed by atoms with Crippen LogP contribution in [-0.4, -0.2) is 77.0 Å². The van der Waals surface area contributed by atoms with E-state index in [-0.39, 0.29) is 23.7 Å². The van der Waals surface area contributed by atoms with Crippen LogP contribution in [0, 0.1) is 23.7 Å². The molecule has 182 valence electrons. The van der Waals surface area contributed by atoms with Crippen LogP contribution < -0.4 is 0 Å². The van der Waals surface area contributed by atoms with Gasteiger partial charge in [0.15, 0.2) is 0 Å². The third-order valence-corrected chi connectivity index (χ3v) is 7.79. The van der Waals surface area contributed by atoms with Crippen LogP contribution in [0.4, 0.5) is 0 Å². The van der Waals surface area contributed by atoms with E-state index in [4.69, 9.17) is 9.47 Å². The molecule has 1 heterocycles. The smallest absolute Gasteiger partial charge is 0.316 e. The zero-order valence-electron chi connectivity index (χ0n) is 21.1. The largest absolute Gasteiger partial charge is 0.459 e. The zero-order valence-corrected chi connectivity index (χ0v) is 21.1. The number of nitrogens with zero attached hydrogens (tertiary/aromatic N) is 1. The summed E-state index contributed by atoms with van der Waals surface area (Å²) in [6.45, 7) is 15.3. The van der Waals surface area contributed by atoms with Crippen molar-refractivity contribution in [3.05, 3.63) is 0 Å². The molecule has 1 fully saturated rings. The number of hydrogen-bond donors (Lipinski definition) is 2. The lowest BCUT2D eigenvalue weighted by Gasteiger charge is -2.42. The van der Waals surface area contributed by atoms with Gasteiger partial charge in [-0.25, -0.2) is 0 Å². The molecule has 1 aliphatic heterocycles. The van der Waals surface area contributed by atoms with Crippen molar-refractivity contribution in [2.75, 3.05) is 20.7 Å². The van der Waals surface area contributed by atoms with Gasteiger partial charge in [0.25, 0.3) is 0 Å². The third kappa shape index (κ3) is 6.06. The molecular formula is C24H45NO6. The van der Waals surface area contributed by atoms with Crippen molar-refractivity contribution in [3.8, 4) is 0 Å². The number of carbonyl (C=O) groups excluding carboxylic acids is 2. The summed E-state index contributed by atoms with van der Waals surface area (Å²) in [6.07, 6.45) is -1.05. The molecule has 1 saturated heterocycles. The van der Waals surface area contributed by atoms with Gasteiger partial charge in [-0.05, 0) is 59.4 Å². The lowest BCUT2D eigenvalue weighted by Crippen LogP contribution is -2.59. The second-order valence-electron chi connectivity index (χ2n) is 10.2. The van der Waals surface area contributed by atoms with Crippen molar-refractivity contribution in [2.24, 2.45) is 23.7 Å². The summed E-state index contributed by atoms with van der Waals surface area (Å²) in [7, 11) is 3.57. The Morgan fingerprint density at radius 3 is 2.19 bits per heavy atom. The minimum atomic E-state index is -1.66. The maximum absolute atomic E-state index is 13.1. The highest BCUT2D eigenvalue weighted by molar-refractivity contribution is 5.99. The number of cyclic esters (lactones) is 1. The number of methoxy groups -OCH3 is 1. The van der Waals surface area contributed by atoms with Crippen LogP contribution >= 0.6 is 0 Å². The summed E-state index contributed by atoms with van der Waals surface area (Å²) >= 11 is 0. The number of rotatable bonds is 2. The van der Waals surface area contributed by atoms with Crippen LogP contribution in [0.15, 0.2) is 0 Å². The summed E-state index contributed by atoms with van der Waals surface area (Å²) < 4.78 is 11.5. The molecule has 0 aromatic rings. The van der Waals surface area contributed by atoms with Crippen molar-refractivity contribution < 1.29 is 29.3 Å². The third-order valence-electron chi connectivity index (χ3n) is 7.79. The highest BCUT2D eigenvalue weighted by atomic mass is 16.6. The number of Topliss-reactive ketones (excluding diaryl/α,β-unsaturated/α-hetero) is 1. The van der Waals surface area contributed by atoms with Gasteiger partial charge in [-0.1, -0.05) is 27.7 Å². The molecule has 1 aliphatic rings. The second-order valence-corrected chi connectivity index (χ2v) is 10.2. The lowest BCUT2D eigenvalue weighted by molar-refractivity contribution is -0.189. The number of likely N-dealkylation sites (N-methyl/N-ethyl adjacent to an activating group) is 1. The van der Waals surface area contributed by atoms with E-state index in [1.165, 1.54) is 6.92 Å². The average Bonchev–Trinajstić information content (AvgIpc) is 2.72. The molecule has 31 heavy (non-hydrogen) atoms. The number of aliphatic hydroxyl groups is 2. The molecule has 1 rings (SSSR count). The Morgan fingerprint density at radius 2 is 1.71 bits per heavy atom. The maximum atomic E-state index is 13.1. The van der Waals surface area contributed by atoms with Gasteiger partial charge in [-0.15, -0.1) is 0 Å². The summed E-state index contributed by atoms with van der Waals surface area (Å²) in [5.41, 5.74) is -2.22. The molecule has 0 radical (unpaired) electrons. The van der Waals surface area contributed by atoms with Crippen LogP contribution in [0.1, 0.15) is 68.2 Å². The Morgan fingerprint density at radius 1 is 1.16 bits per heavy atom. The number of hydrogen-bond acceptors (Lipinski definition) is 7. The van der Waals surface area contributed by atoms with Gasteiger partial charge in [0.2, 0.25) is 0 Å². The van der Waals surface area contributed by atoms with Gasteiger partial charge in [0.05, 0.1) is 5.60 Å². The molecule has 1 unspecified atom stereocenters. The van der Waals surface area contributed by atoms with Crippen LogP contribution in [-0.2, 0) is 19.1 Å². The summed E-state index contributed by atoms with van der Waals surface area (Å²) in [4.78, 5) is 28.0. The van der Waals surface area contributed by atoms with E-state index in [0.717, 1.165) is 0 Å². The second kappa shape index (κ2) is 10.7. The normalized spacial score (nSPS) is 45.0. The number of ketones is 1. The quantitative estimate of drug-likeness (QED) is 0.500. The molecule has 0 amide bonds. The number of aliphatic hydroxyl groups excluding tert-OH is 1. The Balaban J connectivity index is 3.43. The number of ether oxygens (including phenoxy) is 2. The molecule has 0 bridgehead atoms. The van der Waals surface area contributed by atoms with Crippen molar-refractivity contribution in [1.82, 2.24) is 4.90 Å². The molecule has 7 heteroatoms. The highest BCUT2D eigenvalue weighted by Gasteiger charge is 2.46. The first-order chi connectivity index (χ1) is 14.1. The number of esters is 1. The van der Waals surface area contributed by atoms with E-state index in [0.29, 0.717) is 19.4 Å². The molecule has 0 spiro atoms. The SMILES string of the molecule is CC[C@H]1OC(=O)[C@H](C)C(=O)[C@H](C)[C@@H](C)[C@](C)(OC)C[C@@H](C)CN(C)[C@H](C)C(O)[C@]1(C)O. The first kappa shape index (κ1) is 28.0. The van der Waals surface area contributed by atoms with Gasteiger partial charge in [-0.3, -0.25) is 9.59 Å². The van der Waals surface area contributed by atoms with E-state index in [2.05, 4.69) is 6.92 Å². The monoisotopic (exact) mass is 443 g/mol. The van der Waals surface area contributed by atoms with Crippen molar-refractivity contribution in [3.63, 3.8) is 0 Å². The topological polar surface area (TPSA) is 96.3 Å². The van der Waals surface area contributed by atoms with E-state index in [1.807, 2.05) is 39.6 Å². The molecule has 7 nitrogen and oxygen atoms in total. The van der Waals surface area contributed by atoms with Gasteiger partial charge < -0.3 is 24.6 Å². The van der Waals surface area contributed by atoms with Crippen LogP contribution in [0.3, 0.4) is 0 Å². The minimum absolute atomic E-state index is 0.119. The van der Waals surface area contributed by atoms with Crippen molar-refractivity contribution >= 4 is 11.8 Å². The molecule has 0 aromatic heterocycles. The summed E-state index contributed by atoms with van der Waals surface area (Å²) in [5.74, 6) is -2.17. The fraction of sp³-hybridized carbons (Fsp3) is 0.917. The van der Waals surface area contributed by atoms with E-state index in [9.17, 15) is 19.8 Å². The van der Waals surface area contributed by atoms with Gasteiger partial charge in [0.1, 0.15) is 29.5 Å². The highest BCUT2D eigenvalue weighted by Crippen LogP contribution is 2.36. The molecule has 9 atom stereocenters. The Bertz CT molecular complexity index is 623. The van der Waals surface area contributed by atoms with E-state index >= 15 is 0 Å². The lowest BCUT2D eigenvalue weighted by atomic mass is 9.73. The first-order valence-electron chi connectivity index (χ1n) is 11.5. The Kier molecular flexibility index (Phi) is 9.70. The molecular weight excluding hydrogens is 398 g/mol. The molecule has 0 saturated carbocycles. The van der Waals surface area contributed by atoms with Crippen molar-refractivity contribution in [1.29, 1.82) is 0 Å². The van der Waals surface area contributed by atoms with E-state index in [1.54, 1.807) is 21.0 Å². The molecule has 0 aliphatic carbocycles. The fourth-order valence-electron chi connectivity index (χ4n) is 4.93. The predicted molar refractivity (Wildman–Crippen MR) is 121 cm³/mol. The van der Waals surface area contributed by atoms with E-state index < -0.39 is 41.2 Å². The van der Waals surface area contributed by atoms with Gasteiger partial charge >= 0.3 is 5.97 Å². The number of carbonyl (C=O) groups is 2. The predicted octanol–water partition coefficient (Wildman–Crippen LogP) is 2.66. The van der Waals surface area contributed by atoms with Crippen LogP contribution in [0.25, 0.3) is 0 Å². The van der Waals surface area contributed by atoms with Crippen LogP contribution in [0.5, 0.6) is 0 Å². The summed E-state index contributed by atoms with van der Waals surface area (Å²) in [6, 6.07) is -0.375. The summed E-state index contributed by atoms with van der Waals surface area (Å²) in [5, 5.41) is 22.1. The Labute approximate surface area is 188 Å². The molecule has 2 N–H and O–H groups in total. The minimum Gasteiger partial charge on any atom is -0.459 e. The van der Waals surface area contributed by atoms with Crippen LogP contribution in [0.2, 0.25) is 0 Å². The Hall–Kier alpha value is -1.02. The fourth-order valence-corrected chi connectivity index (χ4v) is 4.93.